The number of halogens is 1. The maximum atomic E-state index is 12.4. The van der Waals surface area contributed by atoms with Crippen LogP contribution in [0.15, 0.2) is 12.3 Å². The van der Waals surface area contributed by atoms with Gasteiger partial charge < -0.3 is 5.32 Å². The van der Waals surface area contributed by atoms with Gasteiger partial charge in [-0.2, -0.15) is 0 Å². The van der Waals surface area contributed by atoms with Crippen molar-refractivity contribution in [3.05, 3.63) is 23.7 Å². The van der Waals surface area contributed by atoms with E-state index in [1.165, 1.54) is 0 Å². The van der Waals surface area contributed by atoms with Crippen LogP contribution in [0.4, 0.5) is 0 Å². The Labute approximate surface area is 129 Å². The molecule has 2 heterocycles. The summed E-state index contributed by atoms with van der Waals surface area (Å²) in [7, 11) is 0. The quantitative estimate of drug-likeness (QED) is 0.887. The summed E-state index contributed by atoms with van der Waals surface area (Å²) in [6.07, 6.45) is 1.77. The van der Waals surface area contributed by atoms with Gasteiger partial charge in [0.15, 0.2) is 5.65 Å². The fourth-order valence-corrected chi connectivity index (χ4v) is 2.41. The summed E-state index contributed by atoms with van der Waals surface area (Å²) in [6.45, 7) is 9.65. The molecule has 0 aromatic carbocycles. The van der Waals surface area contributed by atoms with Crippen LogP contribution in [-0.2, 0) is 10.7 Å². The summed E-state index contributed by atoms with van der Waals surface area (Å²) in [5.41, 5.74) is 2.20. The van der Waals surface area contributed by atoms with Crippen LogP contribution in [0.1, 0.15) is 45.1 Å². The molecule has 0 aliphatic heterocycles. The minimum Gasteiger partial charge on any atom is -0.350 e. The molecule has 1 N–H and O–H groups in total. The fourth-order valence-electron chi connectivity index (χ4n) is 2.22. The molecule has 1 atom stereocenters. The second-order valence-electron chi connectivity index (χ2n) is 6.30. The van der Waals surface area contributed by atoms with Gasteiger partial charge in [-0.1, -0.05) is 0 Å². The molecule has 0 spiro atoms. The van der Waals surface area contributed by atoms with Gasteiger partial charge in [0.2, 0.25) is 5.91 Å². The van der Waals surface area contributed by atoms with E-state index in [1.54, 1.807) is 6.20 Å². The van der Waals surface area contributed by atoms with E-state index < -0.39 is 6.04 Å². The lowest BCUT2D eigenvalue weighted by atomic mass is 10.1. The maximum absolute atomic E-state index is 12.4. The van der Waals surface area contributed by atoms with Crippen LogP contribution in [0, 0.1) is 6.92 Å². The highest BCUT2D eigenvalue weighted by atomic mass is 35.5. The van der Waals surface area contributed by atoms with E-state index in [1.807, 2.05) is 45.3 Å². The second kappa shape index (κ2) is 5.64. The van der Waals surface area contributed by atoms with Crippen LogP contribution >= 0.6 is 11.6 Å². The zero-order chi connectivity index (χ0) is 15.8. The van der Waals surface area contributed by atoms with Gasteiger partial charge in [-0.15, -0.1) is 11.6 Å². The minimum atomic E-state index is -0.418. The topological polar surface area (TPSA) is 59.8 Å². The largest absolute Gasteiger partial charge is 0.350 e. The molecule has 6 heteroatoms. The molecule has 2 aromatic rings. The predicted molar refractivity (Wildman–Crippen MR) is 84.4 cm³/mol. The number of aryl methyl sites for hydroxylation is 1. The highest BCUT2D eigenvalue weighted by molar-refractivity contribution is 6.16. The Kier molecular flexibility index (Phi) is 4.23. The summed E-state index contributed by atoms with van der Waals surface area (Å²) in [5, 5.41) is 2.98. The van der Waals surface area contributed by atoms with Crippen molar-refractivity contribution in [2.24, 2.45) is 0 Å². The average molecular weight is 309 g/mol. The van der Waals surface area contributed by atoms with Crippen molar-refractivity contribution in [3.8, 4) is 0 Å². The lowest BCUT2D eigenvalue weighted by molar-refractivity contribution is -0.125. The van der Waals surface area contributed by atoms with Crippen molar-refractivity contribution >= 4 is 28.7 Å². The van der Waals surface area contributed by atoms with Gasteiger partial charge in [0.1, 0.15) is 17.4 Å². The predicted octanol–water partition coefficient (Wildman–Crippen LogP) is 2.95. The Morgan fingerprint density at radius 1 is 1.48 bits per heavy atom. The third-order valence-electron chi connectivity index (χ3n) is 3.12. The number of imidazole rings is 1. The molecule has 0 saturated carbocycles. The monoisotopic (exact) mass is 308 g/mol. The van der Waals surface area contributed by atoms with Gasteiger partial charge >= 0.3 is 0 Å². The lowest BCUT2D eigenvalue weighted by Crippen LogP contribution is -2.44. The number of pyridine rings is 1. The number of nitrogens with zero attached hydrogens (tertiary/aromatic N) is 3. The lowest BCUT2D eigenvalue weighted by Gasteiger charge is -2.24. The molecule has 0 aliphatic rings. The summed E-state index contributed by atoms with van der Waals surface area (Å²) in [6, 6.07) is 1.53. The number of carbonyl (C=O) groups excluding carboxylic acids is 1. The zero-order valence-corrected chi connectivity index (χ0v) is 13.8. The SMILES string of the molecule is Cc1cnc2c(c1)nc(CCl)n2C(C)C(=O)NC(C)(C)C. The van der Waals surface area contributed by atoms with Crippen molar-refractivity contribution in [1.82, 2.24) is 19.9 Å². The summed E-state index contributed by atoms with van der Waals surface area (Å²) in [4.78, 5) is 21.3. The van der Waals surface area contributed by atoms with Gasteiger partial charge in [0, 0.05) is 11.7 Å². The van der Waals surface area contributed by atoms with Gasteiger partial charge in [-0.3, -0.25) is 9.36 Å². The van der Waals surface area contributed by atoms with E-state index >= 15 is 0 Å². The first-order chi connectivity index (χ1) is 9.73. The third-order valence-corrected chi connectivity index (χ3v) is 3.36. The molecule has 0 bridgehead atoms. The van der Waals surface area contributed by atoms with E-state index in [4.69, 9.17) is 11.6 Å². The summed E-state index contributed by atoms with van der Waals surface area (Å²) in [5.74, 6) is 0.819. The molecule has 0 aliphatic carbocycles. The Bertz CT molecular complexity index is 672. The average Bonchev–Trinajstić information content (AvgIpc) is 2.73. The number of rotatable bonds is 3. The first-order valence-electron chi connectivity index (χ1n) is 6.94. The zero-order valence-electron chi connectivity index (χ0n) is 13.1. The smallest absolute Gasteiger partial charge is 0.243 e. The standard InChI is InChI=1S/C15H21ClN4O/c1-9-6-11-13(17-8-9)20(12(7-16)18-11)10(2)14(21)19-15(3,4)5/h6,8,10H,7H2,1-5H3,(H,19,21). The van der Waals surface area contributed by atoms with Crippen molar-refractivity contribution in [2.45, 2.75) is 52.1 Å². The highest BCUT2D eigenvalue weighted by Crippen LogP contribution is 2.22. The number of amides is 1. The number of fused-ring (bicyclic) bond motifs is 1. The number of nitrogens with one attached hydrogen (secondary N) is 1. The minimum absolute atomic E-state index is 0.0736. The van der Waals surface area contributed by atoms with Crippen molar-refractivity contribution in [2.75, 3.05) is 0 Å². The fraction of sp³-hybridized carbons (Fsp3) is 0.533. The number of hydrogen-bond acceptors (Lipinski definition) is 3. The molecule has 114 valence electrons. The summed E-state index contributed by atoms with van der Waals surface area (Å²) < 4.78 is 1.81. The molecular weight excluding hydrogens is 288 g/mol. The normalized spacial score (nSPS) is 13.4. The molecule has 2 aromatic heterocycles. The molecule has 5 nitrogen and oxygen atoms in total. The Balaban J connectivity index is 2.47. The Hall–Kier alpha value is -1.62. The van der Waals surface area contributed by atoms with Crippen LogP contribution in [0.3, 0.4) is 0 Å². The van der Waals surface area contributed by atoms with Crippen molar-refractivity contribution < 1.29 is 4.79 Å². The van der Waals surface area contributed by atoms with Gasteiger partial charge in [0.25, 0.3) is 0 Å². The van der Waals surface area contributed by atoms with E-state index in [0.29, 0.717) is 11.5 Å². The van der Waals surface area contributed by atoms with Crippen LogP contribution in [-0.4, -0.2) is 26.0 Å². The van der Waals surface area contributed by atoms with Crippen LogP contribution in [0.5, 0.6) is 0 Å². The number of hydrogen-bond donors (Lipinski definition) is 1. The first kappa shape index (κ1) is 15.8. The third kappa shape index (κ3) is 3.35. The van der Waals surface area contributed by atoms with E-state index in [-0.39, 0.29) is 17.3 Å². The summed E-state index contributed by atoms with van der Waals surface area (Å²) >= 11 is 5.98. The highest BCUT2D eigenvalue weighted by Gasteiger charge is 2.24. The molecule has 0 fully saturated rings. The number of carbonyl (C=O) groups is 1. The number of aromatic nitrogens is 3. The molecule has 0 radical (unpaired) electrons. The van der Waals surface area contributed by atoms with Gasteiger partial charge in [-0.05, 0) is 46.2 Å². The van der Waals surface area contributed by atoms with Crippen molar-refractivity contribution in [1.29, 1.82) is 0 Å². The maximum Gasteiger partial charge on any atom is 0.243 e. The molecule has 0 saturated heterocycles. The van der Waals surface area contributed by atoms with Gasteiger partial charge in [-0.25, -0.2) is 9.97 Å². The Morgan fingerprint density at radius 3 is 2.71 bits per heavy atom. The van der Waals surface area contributed by atoms with Gasteiger partial charge in [0.05, 0.1) is 5.88 Å². The second-order valence-corrected chi connectivity index (χ2v) is 6.57. The molecule has 21 heavy (non-hydrogen) atoms. The number of alkyl halides is 1. The van der Waals surface area contributed by atoms with Crippen LogP contribution in [0.2, 0.25) is 0 Å². The van der Waals surface area contributed by atoms with Crippen molar-refractivity contribution in [3.63, 3.8) is 0 Å². The van der Waals surface area contributed by atoms with E-state index in [0.717, 1.165) is 11.1 Å². The Morgan fingerprint density at radius 2 is 2.14 bits per heavy atom. The van der Waals surface area contributed by atoms with Crippen LogP contribution in [0.25, 0.3) is 11.2 Å². The molecule has 1 unspecified atom stereocenters. The van der Waals surface area contributed by atoms with Crippen LogP contribution < -0.4 is 5.32 Å². The first-order valence-corrected chi connectivity index (χ1v) is 7.48. The van der Waals surface area contributed by atoms with E-state index in [2.05, 4.69) is 15.3 Å². The molecule has 1 amide bonds. The van der Waals surface area contributed by atoms with E-state index in [9.17, 15) is 4.79 Å². The molecular formula is C15H21ClN4O. The molecule has 2 rings (SSSR count).